The number of furan rings is 1. The van der Waals surface area contributed by atoms with Gasteiger partial charge in [-0.2, -0.15) is 0 Å². The molecule has 0 unspecified atom stereocenters. The van der Waals surface area contributed by atoms with Crippen LogP contribution in [0.5, 0.6) is 0 Å². The van der Waals surface area contributed by atoms with Gasteiger partial charge in [-0.15, -0.1) is 0 Å². The van der Waals surface area contributed by atoms with Crippen molar-refractivity contribution in [2.24, 2.45) is 0 Å². The fourth-order valence-electron chi connectivity index (χ4n) is 2.12. The molecule has 0 atom stereocenters. The van der Waals surface area contributed by atoms with Crippen LogP contribution in [0.3, 0.4) is 0 Å². The zero-order chi connectivity index (χ0) is 16.2. The van der Waals surface area contributed by atoms with Gasteiger partial charge in [0, 0.05) is 12.1 Å². The van der Waals surface area contributed by atoms with Crippen LogP contribution in [0.15, 0.2) is 40.8 Å². The van der Waals surface area contributed by atoms with E-state index in [1.807, 2.05) is 19.1 Å². The Kier molecular flexibility index (Phi) is 4.05. The second-order valence-electron chi connectivity index (χ2n) is 4.82. The van der Waals surface area contributed by atoms with Crippen molar-refractivity contribution in [3.05, 3.63) is 47.7 Å². The van der Waals surface area contributed by atoms with E-state index in [4.69, 9.17) is 9.52 Å². The molecule has 0 saturated carbocycles. The van der Waals surface area contributed by atoms with Crippen molar-refractivity contribution in [2.75, 3.05) is 5.32 Å². The number of nitrogens with zero attached hydrogens (tertiary/aromatic N) is 4. The highest BCUT2D eigenvalue weighted by Crippen LogP contribution is 2.23. The lowest BCUT2D eigenvalue weighted by molar-refractivity contribution is 0.0697. The van der Waals surface area contributed by atoms with Crippen LogP contribution in [0.2, 0.25) is 0 Å². The molecule has 118 valence electrons. The van der Waals surface area contributed by atoms with E-state index in [1.54, 1.807) is 28.9 Å². The molecule has 0 saturated heterocycles. The van der Waals surface area contributed by atoms with E-state index in [1.165, 1.54) is 0 Å². The maximum atomic E-state index is 10.9. The van der Waals surface area contributed by atoms with E-state index in [0.29, 0.717) is 24.8 Å². The highest BCUT2D eigenvalue weighted by molar-refractivity contribution is 5.88. The summed E-state index contributed by atoms with van der Waals surface area (Å²) < 4.78 is 7.40. The number of aromatic carboxylic acids is 1. The normalized spacial score (nSPS) is 10.7. The number of rotatable bonds is 6. The highest BCUT2D eigenvalue weighted by Gasteiger charge is 2.08. The minimum Gasteiger partial charge on any atom is -0.478 e. The van der Waals surface area contributed by atoms with Crippen molar-refractivity contribution in [1.29, 1.82) is 0 Å². The first-order valence-corrected chi connectivity index (χ1v) is 7.10. The number of aromatic nitrogens is 4. The lowest BCUT2D eigenvalue weighted by Gasteiger charge is -2.03. The summed E-state index contributed by atoms with van der Waals surface area (Å²) in [5.74, 6) is 1.03. The van der Waals surface area contributed by atoms with Crippen LogP contribution in [0.1, 0.15) is 23.0 Å². The summed E-state index contributed by atoms with van der Waals surface area (Å²) in [7, 11) is 0. The maximum absolute atomic E-state index is 10.9. The molecule has 0 amide bonds. The molecule has 0 bridgehead atoms. The zero-order valence-electron chi connectivity index (χ0n) is 12.4. The Bertz CT molecular complexity index is 807. The average molecular weight is 313 g/mol. The van der Waals surface area contributed by atoms with Gasteiger partial charge in [-0.3, -0.25) is 0 Å². The molecular weight excluding hydrogens is 298 g/mol. The zero-order valence-corrected chi connectivity index (χ0v) is 12.4. The Hall–Kier alpha value is -3.16. The molecule has 0 aliphatic heterocycles. The van der Waals surface area contributed by atoms with Crippen LogP contribution in [0.4, 0.5) is 5.95 Å². The molecule has 8 heteroatoms. The van der Waals surface area contributed by atoms with E-state index in [0.717, 1.165) is 11.3 Å². The lowest BCUT2D eigenvalue weighted by Crippen LogP contribution is -2.07. The second-order valence-corrected chi connectivity index (χ2v) is 4.82. The summed E-state index contributed by atoms with van der Waals surface area (Å²) in [6.07, 6.45) is 0. The topological polar surface area (TPSA) is 106 Å². The Labute approximate surface area is 131 Å². The fourth-order valence-corrected chi connectivity index (χ4v) is 2.12. The second kappa shape index (κ2) is 6.30. The number of tetrazole rings is 1. The molecule has 3 aromatic rings. The maximum Gasteiger partial charge on any atom is 0.335 e. The van der Waals surface area contributed by atoms with E-state index in [-0.39, 0.29) is 5.56 Å². The van der Waals surface area contributed by atoms with E-state index >= 15 is 0 Å². The van der Waals surface area contributed by atoms with Crippen LogP contribution < -0.4 is 5.32 Å². The van der Waals surface area contributed by atoms with E-state index in [9.17, 15) is 4.79 Å². The SMILES string of the molecule is CCn1nnnc1NCc1ccc(-c2ccc(C(=O)O)cc2)o1. The molecule has 2 aromatic heterocycles. The Morgan fingerprint density at radius 3 is 2.74 bits per heavy atom. The average Bonchev–Trinajstić information content (AvgIpc) is 3.21. The number of anilines is 1. The molecule has 0 aliphatic carbocycles. The summed E-state index contributed by atoms with van der Waals surface area (Å²) in [5, 5.41) is 23.3. The highest BCUT2D eigenvalue weighted by atomic mass is 16.4. The minimum absolute atomic E-state index is 0.244. The first-order valence-electron chi connectivity index (χ1n) is 7.10. The Morgan fingerprint density at radius 2 is 2.04 bits per heavy atom. The number of nitrogens with one attached hydrogen (secondary N) is 1. The molecule has 8 nitrogen and oxygen atoms in total. The number of hydrogen-bond acceptors (Lipinski definition) is 6. The van der Waals surface area contributed by atoms with Crippen LogP contribution in [0.25, 0.3) is 11.3 Å². The third kappa shape index (κ3) is 3.20. The number of carbonyl (C=O) groups is 1. The molecule has 2 heterocycles. The number of carboxylic acid groups (broad SMARTS) is 1. The number of carboxylic acids is 1. The third-order valence-electron chi connectivity index (χ3n) is 3.33. The van der Waals surface area contributed by atoms with Gasteiger partial charge in [0.05, 0.1) is 12.1 Å². The summed E-state index contributed by atoms with van der Waals surface area (Å²) >= 11 is 0. The monoisotopic (exact) mass is 313 g/mol. The van der Waals surface area contributed by atoms with E-state index in [2.05, 4.69) is 20.8 Å². The number of aryl methyl sites for hydroxylation is 1. The van der Waals surface area contributed by atoms with Gasteiger partial charge in [0.25, 0.3) is 0 Å². The first-order chi connectivity index (χ1) is 11.2. The van der Waals surface area contributed by atoms with Crippen molar-refractivity contribution in [2.45, 2.75) is 20.0 Å². The van der Waals surface area contributed by atoms with Crippen molar-refractivity contribution < 1.29 is 14.3 Å². The van der Waals surface area contributed by atoms with E-state index < -0.39 is 5.97 Å². The Balaban J connectivity index is 1.69. The van der Waals surface area contributed by atoms with Gasteiger partial charge >= 0.3 is 5.97 Å². The van der Waals surface area contributed by atoms with Gasteiger partial charge in [-0.1, -0.05) is 17.2 Å². The van der Waals surface area contributed by atoms with Crippen LogP contribution in [-0.4, -0.2) is 31.3 Å². The van der Waals surface area contributed by atoms with Crippen molar-refractivity contribution in [3.8, 4) is 11.3 Å². The molecule has 1 aromatic carbocycles. The largest absolute Gasteiger partial charge is 0.478 e. The summed E-state index contributed by atoms with van der Waals surface area (Å²) in [6, 6.07) is 10.2. The molecule has 0 aliphatic rings. The van der Waals surface area contributed by atoms with Gasteiger partial charge in [0.15, 0.2) is 0 Å². The summed E-state index contributed by atoms with van der Waals surface area (Å²) in [5.41, 5.74) is 1.06. The van der Waals surface area contributed by atoms with Gasteiger partial charge in [-0.25, -0.2) is 9.48 Å². The van der Waals surface area contributed by atoms with Gasteiger partial charge < -0.3 is 14.8 Å². The van der Waals surface area contributed by atoms with Gasteiger partial charge in [-0.05, 0) is 41.6 Å². The molecule has 23 heavy (non-hydrogen) atoms. The quantitative estimate of drug-likeness (QED) is 0.719. The van der Waals surface area contributed by atoms with Gasteiger partial charge in [0.1, 0.15) is 11.5 Å². The van der Waals surface area contributed by atoms with Crippen molar-refractivity contribution >= 4 is 11.9 Å². The third-order valence-corrected chi connectivity index (χ3v) is 3.33. The van der Waals surface area contributed by atoms with Crippen LogP contribution in [-0.2, 0) is 13.1 Å². The summed E-state index contributed by atoms with van der Waals surface area (Å²) in [4.78, 5) is 10.9. The molecule has 0 spiro atoms. The molecule has 0 radical (unpaired) electrons. The van der Waals surface area contributed by atoms with Crippen molar-refractivity contribution in [1.82, 2.24) is 20.2 Å². The number of benzene rings is 1. The molecule has 2 N–H and O–H groups in total. The fraction of sp³-hybridized carbons (Fsp3) is 0.200. The standard InChI is InChI=1S/C15H15N5O3/c1-2-20-15(17-18-19-20)16-9-12-7-8-13(23-12)10-3-5-11(6-4-10)14(21)22/h3-8H,2,9H2,1H3,(H,21,22)(H,16,17,19). The van der Waals surface area contributed by atoms with Crippen molar-refractivity contribution in [3.63, 3.8) is 0 Å². The summed E-state index contributed by atoms with van der Waals surface area (Å²) in [6.45, 7) is 3.08. The van der Waals surface area contributed by atoms with Crippen LogP contribution in [0, 0.1) is 0 Å². The lowest BCUT2D eigenvalue weighted by atomic mass is 10.1. The Morgan fingerprint density at radius 1 is 1.26 bits per heavy atom. The molecule has 0 fully saturated rings. The molecule has 3 rings (SSSR count). The smallest absolute Gasteiger partial charge is 0.335 e. The molecular formula is C15H15N5O3. The predicted molar refractivity (Wildman–Crippen MR) is 81.9 cm³/mol. The van der Waals surface area contributed by atoms with Gasteiger partial charge in [0.2, 0.25) is 5.95 Å². The first kappa shape index (κ1) is 14.8. The minimum atomic E-state index is -0.950. The van der Waals surface area contributed by atoms with Crippen LogP contribution >= 0.6 is 0 Å². The predicted octanol–water partition coefficient (Wildman–Crippen LogP) is 2.26. The number of hydrogen-bond donors (Lipinski definition) is 2.